The standard InChI is InChI=1S/4C7H8O3S/c4*1-6-2-4-7(5-3-6)11(8,9)10/h4*2-5H,1H3,(H,8,9,10). The largest absolute Gasteiger partial charge is 0.294 e. The lowest BCUT2D eigenvalue weighted by atomic mass is 10.2. The van der Waals surface area contributed by atoms with Crippen LogP contribution >= 0.6 is 0 Å². The van der Waals surface area contributed by atoms with E-state index in [1.165, 1.54) is 48.5 Å². The maximum absolute atomic E-state index is 10.5. The minimum Gasteiger partial charge on any atom is -0.282 e. The van der Waals surface area contributed by atoms with Crippen LogP contribution in [0.2, 0.25) is 0 Å². The molecule has 0 atom stereocenters. The first-order valence-electron chi connectivity index (χ1n) is 12.2. The molecule has 0 unspecified atom stereocenters. The van der Waals surface area contributed by atoms with Crippen molar-refractivity contribution >= 4 is 40.5 Å². The van der Waals surface area contributed by atoms with Crippen LogP contribution in [0.5, 0.6) is 0 Å². The van der Waals surface area contributed by atoms with Crippen molar-refractivity contribution in [3.8, 4) is 0 Å². The molecule has 0 aliphatic carbocycles. The van der Waals surface area contributed by atoms with E-state index in [0.29, 0.717) is 0 Å². The molecule has 4 aromatic rings. The van der Waals surface area contributed by atoms with Crippen LogP contribution in [-0.2, 0) is 40.5 Å². The molecule has 0 aliphatic rings. The lowest BCUT2D eigenvalue weighted by molar-refractivity contribution is 0.481. The predicted octanol–water partition coefficient (Wildman–Crippen LogP) is 4.97. The van der Waals surface area contributed by atoms with Crippen LogP contribution in [0.3, 0.4) is 0 Å². The molecule has 0 heterocycles. The molecule has 4 N–H and O–H groups in total. The van der Waals surface area contributed by atoms with E-state index in [1.54, 1.807) is 48.5 Å². The number of hydrogen-bond donors (Lipinski definition) is 4. The van der Waals surface area contributed by atoms with Crippen molar-refractivity contribution in [1.82, 2.24) is 0 Å². The minimum atomic E-state index is -4.02. The first-order chi connectivity index (χ1) is 20.0. The smallest absolute Gasteiger partial charge is 0.282 e. The molecule has 44 heavy (non-hydrogen) atoms. The summed E-state index contributed by atoms with van der Waals surface area (Å²) in [7, 11) is -16.1. The summed E-state index contributed by atoms with van der Waals surface area (Å²) in [4.78, 5) is -0.266. The van der Waals surface area contributed by atoms with Crippen LogP contribution in [0.25, 0.3) is 0 Å². The van der Waals surface area contributed by atoms with Gasteiger partial charge in [0.25, 0.3) is 40.5 Å². The summed E-state index contributed by atoms with van der Waals surface area (Å²) >= 11 is 0. The Morgan fingerprint density at radius 3 is 0.500 bits per heavy atom. The Balaban J connectivity index is 0.000000293. The maximum atomic E-state index is 10.5. The van der Waals surface area contributed by atoms with Gasteiger partial charge in [-0.05, 0) is 76.2 Å². The van der Waals surface area contributed by atoms with Gasteiger partial charge in [0.1, 0.15) is 0 Å². The van der Waals surface area contributed by atoms with Crippen LogP contribution in [0.15, 0.2) is 117 Å². The normalized spacial score (nSPS) is 11.5. The van der Waals surface area contributed by atoms with Gasteiger partial charge in [-0.3, -0.25) is 18.2 Å². The van der Waals surface area contributed by atoms with E-state index < -0.39 is 40.5 Å². The van der Waals surface area contributed by atoms with Gasteiger partial charge in [-0.1, -0.05) is 70.8 Å². The molecule has 0 amide bonds. The molecule has 0 saturated carbocycles. The zero-order chi connectivity index (χ0) is 33.9. The fourth-order valence-electron chi connectivity index (χ4n) is 2.84. The highest BCUT2D eigenvalue weighted by Gasteiger charge is 2.09. The maximum Gasteiger partial charge on any atom is 0.294 e. The summed E-state index contributed by atoms with van der Waals surface area (Å²) in [6.45, 7) is 7.36. The summed E-state index contributed by atoms with van der Waals surface area (Å²) in [6, 6.07) is 24.0. The second kappa shape index (κ2) is 16.0. The summed E-state index contributed by atoms with van der Waals surface area (Å²) in [5.74, 6) is 0. The highest BCUT2D eigenvalue weighted by Crippen LogP contribution is 2.11. The van der Waals surface area contributed by atoms with Crippen molar-refractivity contribution in [2.24, 2.45) is 0 Å². The van der Waals surface area contributed by atoms with E-state index >= 15 is 0 Å². The summed E-state index contributed by atoms with van der Waals surface area (Å²) in [6.07, 6.45) is 0. The topological polar surface area (TPSA) is 217 Å². The quantitative estimate of drug-likeness (QED) is 0.209. The fraction of sp³-hybridized carbons (Fsp3) is 0.143. The molecule has 0 aliphatic heterocycles. The molecule has 0 radical (unpaired) electrons. The first kappa shape index (κ1) is 38.5. The Labute approximate surface area is 258 Å². The fourth-order valence-corrected chi connectivity index (χ4v) is 4.76. The van der Waals surface area contributed by atoms with Crippen molar-refractivity contribution in [1.29, 1.82) is 0 Å². The van der Waals surface area contributed by atoms with Gasteiger partial charge < -0.3 is 0 Å². The molecule has 0 spiro atoms. The van der Waals surface area contributed by atoms with Crippen LogP contribution in [0.1, 0.15) is 22.3 Å². The molecule has 0 fully saturated rings. The van der Waals surface area contributed by atoms with Crippen molar-refractivity contribution in [2.75, 3.05) is 0 Å². The highest BCUT2D eigenvalue weighted by molar-refractivity contribution is 7.86. The molecule has 0 bridgehead atoms. The van der Waals surface area contributed by atoms with Gasteiger partial charge in [0.15, 0.2) is 0 Å². The number of benzene rings is 4. The van der Waals surface area contributed by atoms with E-state index in [4.69, 9.17) is 18.2 Å². The molecule has 0 aromatic heterocycles. The van der Waals surface area contributed by atoms with Gasteiger partial charge in [-0.2, -0.15) is 33.7 Å². The van der Waals surface area contributed by atoms with Gasteiger partial charge in [0.2, 0.25) is 0 Å². The summed E-state index contributed by atoms with van der Waals surface area (Å²) in [5, 5.41) is 0. The Bertz CT molecular complexity index is 1640. The average molecular weight is 689 g/mol. The SMILES string of the molecule is Cc1ccc(S(=O)(=O)O)cc1.Cc1ccc(S(=O)(=O)O)cc1.Cc1ccc(S(=O)(=O)O)cc1.Cc1ccc(S(=O)(=O)O)cc1. The van der Waals surface area contributed by atoms with Gasteiger partial charge in [-0.25, -0.2) is 0 Å². The third-order valence-corrected chi connectivity index (χ3v) is 8.75. The molecular formula is C28H32O12S4. The van der Waals surface area contributed by atoms with Crippen molar-refractivity contribution < 1.29 is 51.9 Å². The second-order valence-corrected chi connectivity index (χ2v) is 14.8. The third kappa shape index (κ3) is 14.8. The Hall–Kier alpha value is -3.48. The van der Waals surface area contributed by atoms with Crippen LogP contribution in [0.4, 0.5) is 0 Å². The molecule has 4 rings (SSSR count). The molecule has 240 valence electrons. The molecular weight excluding hydrogens is 657 g/mol. The first-order valence-corrected chi connectivity index (χ1v) is 17.9. The zero-order valence-electron chi connectivity index (χ0n) is 23.9. The Morgan fingerprint density at radius 1 is 0.295 bits per heavy atom. The van der Waals surface area contributed by atoms with E-state index in [1.807, 2.05) is 27.7 Å². The lowest BCUT2D eigenvalue weighted by Gasteiger charge is -1.95. The van der Waals surface area contributed by atoms with Crippen molar-refractivity contribution in [3.05, 3.63) is 119 Å². The third-order valence-electron chi connectivity index (χ3n) is 5.28. The molecule has 0 saturated heterocycles. The summed E-state index contributed by atoms with van der Waals surface area (Å²) < 4.78 is 118. The van der Waals surface area contributed by atoms with Crippen molar-refractivity contribution in [2.45, 2.75) is 47.3 Å². The molecule has 4 aromatic carbocycles. The number of aryl methyl sites for hydroxylation is 4. The molecule has 12 nitrogen and oxygen atoms in total. The van der Waals surface area contributed by atoms with Gasteiger partial charge in [-0.15, -0.1) is 0 Å². The van der Waals surface area contributed by atoms with Gasteiger partial charge in [0, 0.05) is 0 Å². The average Bonchev–Trinajstić information content (AvgIpc) is 2.89. The van der Waals surface area contributed by atoms with E-state index in [-0.39, 0.29) is 19.6 Å². The minimum absolute atomic E-state index is 0.0666. The van der Waals surface area contributed by atoms with Gasteiger partial charge in [0.05, 0.1) is 19.6 Å². The monoisotopic (exact) mass is 688 g/mol. The van der Waals surface area contributed by atoms with Crippen LogP contribution in [0, 0.1) is 27.7 Å². The van der Waals surface area contributed by atoms with Crippen LogP contribution < -0.4 is 0 Å². The number of rotatable bonds is 4. The molecule has 16 heteroatoms. The lowest BCUT2D eigenvalue weighted by Crippen LogP contribution is -1.96. The van der Waals surface area contributed by atoms with Crippen LogP contribution in [-0.4, -0.2) is 51.9 Å². The second-order valence-electron chi connectivity index (χ2n) is 9.15. The Kier molecular flexibility index (Phi) is 14.0. The predicted molar refractivity (Wildman–Crippen MR) is 164 cm³/mol. The van der Waals surface area contributed by atoms with Gasteiger partial charge >= 0.3 is 0 Å². The number of hydrogen-bond acceptors (Lipinski definition) is 8. The van der Waals surface area contributed by atoms with E-state index in [2.05, 4.69) is 0 Å². The highest BCUT2D eigenvalue weighted by atomic mass is 32.2. The van der Waals surface area contributed by atoms with Crippen molar-refractivity contribution in [3.63, 3.8) is 0 Å². The Morgan fingerprint density at radius 2 is 0.409 bits per heavy atom. The van der Waals surface area contributed by atoms with E-state index in [0.717, 1.165) is 22.3 Å². The summed E-state index contributed by atoms with van der Waals surface area (Å²) in [5.41, 5.74) is 3.82. The van der Waals surface area contributed by atoms with E-state index in [9.17, 15) is 33.7 Å². The zero-order valence-corrected chi connectivity index (χ0v) is 27.2.